The normalized spacial score (nSPS) is 11.3. The average Bonchev–Trinajstić information content (AvgIpc) is 3.50. The highest BCUT2D eigenvalue weighted by Gasteiger charge is 2.17. The van der Waals surface area contributed by atoms with Crippen LogP contribution in [0.4, 0.5) is 10.1 Å². The Kier molecular flexibility index (Phi) is 6.02. The largest absolute Gasteiger partial charge is 0.326 e. The molecule has 0 saturated carbocycles. The number of hydrogen-bond donors (Lipinski definition) is 1. The summed E-state index contributed by atoms with van der Waals surface area (Å²) in [6.45, 7) is 2.06. The second-order valence-electron chi connectivity index (χ2n) is 9.12. The van der Waals surface area contributed by atoms with Crippen molar-refractivity contribution in [3.63, 3.8) is 0 Å². The lowest BCUT2D eigenvalue weighted by atomic mass is 10.1. The van der Waals surface area contributed by atoms with Crippen LogP contribution in [0.5, 0.6) is 0 Å². The van der Waals surface area contributed by atoms with Crippen molar-refractivity contribution < 1.29 is 9.18 Å². The summed E-state index contributed by atoms with van der Waals surface area (Å²) in [7, 11) is 0. The van der Waals surface area contributed by atoms with Crippen LogP contribution in [0.25, 0.3) is 37.4 Å². The minimum atomic E-state index is -0.332. The number of hydrogen-bond acceptors (Lipinski definition) is 3. The molecule has 0 spiro atoms. The molecule has 0 unspecified atom stereocenters. The van der Waals surface area contributed by atoms with Gasteiger partial charge in [-0.2, -0.15) is 0 Å². The minimum absolute atomic E-state index is 0.128. The summed E-state index contributed by atoms with van der Waals surface area (Å²) in [5.74, 6) is -0.460. The van der Waals surface area contributed by atoms with E-state index in [0.29, 0.717) is 12.1 Å². The van der Waals surface area contributed by atoms with Gasteiger partial charge in [0.05, 0.1) is 11.4 Å². The number of carbonyl (C=O) groups is 1. The molecular weight excluding hydrogens is 481 g/mol. The van der Waals surface area contributed by atoms with E-state index in [1.165, 1.54) is 32.7 Å². The molecule has 0 radical (unpaired) electrons. The Balaban J connectivity index is 1.37. The number of aryl methyl sites for hydroxylation is 2. The number of carbonyl (C=O) groups excluding carboxylic acids is 1. The number of nitrogens with zero attached hydrogens (tertiary/aromatic N) is 2. The summed E-state index contributed by atoms with van der Waals surface area (Å²) in [6, 6.07) is 28.9. The molecule has 4 nitrogen and oxygen atoms in total. The number of fused-ring (bicyclic) bond motifs is 2. The zero-order chi connectivity index (χ0) is 25.4. The van der Waals surface area contributed by atoms with Crippen LogP contribution in [0.15, 0.2) is 97.2 Å². The SMILES string of the molecule is Cc1ccc(-c2nc3ccc(-c4cc5ccccc5s4)cn3c2CCC(=O)Nc2ccc(F)cc2)cc1. The summed E-state index contributed by atoms with van der Waals surface area (Å²) >= 11 is 1.77. The van der Waals surface area contributed by atoms with E-state index in [4.69, 9.17) is 4.98 Å². The summed E-state index contributed by atoms with van der Waals surface area (Å²) in [5, 5.41) is 4.09. The molecule has 182 valence electrons. The Labute approximate surface area is 218 Å². The van der Waals surface area contributed by atoms with E-state index in [1.807, 2.05) is 6.07 Å². The van der Waals surface area contributed by atoms with Crippen molar-refractivity contribution in [1.82, 2.24) is 9.38 Å². The number of pyridine rings is 1. The molecule has 3 aromatic heterocycles. The van der Waals surface area contributed by atoms with E-state index in [-0.39, 0.29) is 18.1 Å². The van der Waals surface area contributed by atoms with Gasteiger partial charge in [0.1, 0.15) is 11.5 Å². The van der Waals surface area contributed by atoms with Crippen LogP contribution in [0.2, 0.25) is 0 Å². The van der Waals surface area contributed by atoms with Gasteiger partial charge in [-0.3, -0.25) is 4.79 Å². The molecule has 0 aliphatic heterocycles. The number of benzene rings is 3. The molecule has 6 heteroatoms. The molecule has 3 heterocycles. The van der Waals surface area contributed by atoms with Gasteiger partial charge in [0, 0.05) is 39.0 Å². The first-order valence-electron chi connectivity index (χ1n) is 12.2. The van der Waals surface area contributed by atoms with Crippen molar-refractivity contribution in [3.05, 3.63) is 114 Å². The average molecular weight is 506 g/mol. The Morgan fingerprint density at radius 2 is 1.70 bits per heavy atom. The highest BCUT2D eigenvalue weighted by molar-refractivity contribution is 7.22. The maximum atomic E-state index is 13.2. The van der Waals surface area contributed by atoms with Crippen LogP contribution in [0.1, 0.15) is 17.7 Å². The Bertz CT molecular complexity index is 1700. The second-order valence-corrected chi connectivity index (χ2v) is 10.2. The molecule has 1 amide bonds. The van der Waals surface area contributed by atoms with Crippen molar-refractivity contribution in [2.45, 2.75) is 19.8 Å². The van der Waals surface area contributed by atoms with E-state index in [0.717, 1.165) is 28.2 Å². The molecule has 0 saturated heterocycles. The summed E-state index contributed by atoms with van der Waals surface area (Å²) < 4.78 is 16.6. The van der Waals surface area contributed by atoms with E-state index < -0.39 is 0 Å². The predicted molar refractivity (Wildman–Crippen MR) is 150 cm³/mol. The Morgan fingerprint density at radius 3 is 2.49 bits per heavy atom. The van der Waals surface area contributed by atoms with E-state index >= 15 is 0 Å². The molecule has 3 aromatic carbocycles. The number of aromatic nitrogens is 2. The van der Waals surface area contributed by atoms with Gasteiger partial charge >= 0.3 is 0 Å². The van der Waals surface area contributed by atoms with Gasteiger partial charge in [0.25, 0.3) is 0 Å². The number of amides is 1. The Morgan fingerprint density at radius 1 is 0.946 bits per heavy atom. The highest BCUT2D eigenvalue weighted by Crippen LogP contribution is 2.35. The molecule has 0 fully saturated rings. The minimum Gasteiger partial charge on any atom is -0.326 e. The number of rotatable bonds is 6. The standard InChI is InChI=1S/C31H24FN3OS/c1-20-6-8-21(9-7-20)31-26(15-17-30(36)33-25-13-11-24(32)12-14-25)35-19-23(10-16-29(35)34-31)28-18-22-4-2-3-5-27(22)37-28/h2-14,16,18-19H,15,17H2,1H3,(H,33,36). The highest BCUT2D eigenvalue weighted by atomic mass is 32.1. The Hall–Kier alpha value is -4.29. The van der Waals surface area contributed by atoms with E-state index in [2.05, 4.69) is 83.5 Å². The first-order chi connectivity index (χ1) is 18.0. The second kappa shape index (κ2) is 9.64. The maximum Gasteiger partial charge on any atom is 0.224 e. The quantitative estimate of drug-likeness (QED) is 0.250. The van der Waals surface area contributed by atoms with Gasteiger partial charge in [-0.05, 0) is 67.3 Å². The molecular formula is C31H24FN3OS. The monoisotopic (exact) mass is 505 g/mol. The molecule has 0 aliphatic rings. The van der Waals surface area contributed by atoms with Gasteiger partial charge in [0.15, 0.2) is 0 Å². The van der Waals surface area contributed by atoms with Crippen LogP contribution >= 0.6 is 11.3 Å². The smallest absolute Gasteiger partial charge is 0.224 e. The van der Waals surface area contributed by atoms with Crippen molar-refractivity contribution in [2.75, 3.05) is 5.32 Å². The molecule has 6 aromatic rings. The van der Waals surface area contributed by atoms with Gasteiger partial charge in [-0.15, -0.1) is 11.3 Å². The van der Waals surface area contributed by atoms with E-state index in [1.54, 1.807) is 23.5 Å². The maximum absolute atomic E-state index is 13.2. The summed E-state index contributed by atoms with van der Waals surface area (Å²) in [6.07, 6.45) is 2.91. The van der Waals surface area contributed by atoms with Crippen molar-refractivity contribution in [2.24, 2.45) is 0 Å². The van der Waals surface area contributed by atoms with Crippen molar-refractivity contribution in [3.8, 4) is 21.7 Å². The zero-order valence-corrected chi connectivity index (χ0v) is 21.1. The third-order valence-corrected chi connectivity index (χ3v) is 7.63. The summed E-state index contributed by atoms with van der Waals surface area (Å²) in [5.41, 5.74) is 6.59. The molecule has 37 heavy (non-hydrogen) atoms. The van der Waals surface area contributed by atoms with Crippen LogP contribution in [0.3, 0.4) is 0 Å². The van der Waals surface area contributed by atoms with Gasteiger partial charge < -0.3 is 9.72 Å². The van der Waals surface area contributed by atoms with Crippen LogP contribution in [0, 0.1) is 12.7 Å². The molecule has 0 atom stereocenters. The third-order valence-electron chi connectivity index (χ3n) is 6.47. The third kappa shape index (κ3) is 4.76. The molecule has 0 aliphatic carbocycles. The zero-order valence-electron chi connectivity index (χ0n) is 20.2. The van der Waals surface area contributed by atoms with Gasteiger partial charge in [-0.25, -0.2) is 9.37 Å². The fraction of sp³-hybridized carbons (Fsp3) is 0.0968. The number of anilines is 1. The first kappa shape index (κ1) is 23.1. The lowest BCUT2D eigenvalue weighted by molar-refractivity contribution is -0.116. The van der Waals surface area contributed by atoms with Gasteiger partial charge in [-0.1, -0.05) is 48.0 Å². The predicted octanol–water partition coefficient (Wildman–Crippen LogP) is 7.90. The van der Waals surface area contributed by atoms with Crippen molar-refractivity contribution in [1.29, 1.82) is 0 Å². The summed E-state index contributed by atoms with van der Waals surface area (Å²) in [4.78, 5) is 18.9. The van der Waals surface area contributed by atoms with Gasteiger partial charge in [0.2, 0.25) is 5.91 Å². The lowest BCUT2D eigenvalue weighted by Crippen LogP contribution is -2.13. The fourth-order valence-corrected chi connectivity index (χ4v) is 5.59. The lowest BCUT2D eigenvalue weighted by Gasteiger charge is -2.08. The van der Waals surface area contributed by atoms with Crippen LogP contribution in [-0.4, -0.2) is 15.3 Å². The topological polar surface area (TPSA) is 46.4 Å². The molecule has 0 bridgehead atoms. The number of imidazole rings is 1. The number of nitrogens with one attached hydrogen (secondary N) is 1. The molecule has 6 rings (SSSR count). The van der Waals surface area contributed by atoms with E-state index in [9.17, 15) is 9.18 Å². The van der Waals surface area contributed by atoms with Crippen molar-refractivity contribution >= 4 is 38.7 Å². The van der Waals surface area contributed by atoms with Crippen LogP contribution < -0.4 is 5.32 Å². The fourth-order valence-electron chi connectivity index (χ4n) is 4.53. The number of thiophene rings is 1. The first-order valence-corrected chi connectivity index (χ1v) is 13.0. The number of halogens is 1. The van der Waals surface area contributed by atoms with Crippen LogP contribution in [-0.2, 0) is 11.2 Å². The molecule has 1 N–H and O–H groups in total.